The molecule has 0 aromatic heterocycles. The van der Waals surface area contributed by atoms with E-state index in [2.05, 4.69) is 0 Å². The fourth-order valence-electron chi connectivity index (χ4n) is 3.05. The third-order valence-corrected chi connectivity index (χ3v) is 4.44. The number of rotatable bonds is 6. The zero-order chi connectivity index (χ0) is 14.9. The van der Waals surface area contributed by atoms with Gasteiger partial charge in [-0.1, -0.05) is 30.3 Å². The molecule has 1 aliphatic carbocycles. The van der Waals surface area contributed by atoms with E-state index < -0.39 is 17.5 Å². The largest absolute Gasteiger partial charge is 0.376 e. The average molecular weight is 299 g/mol. The first-order chi connectivity index (χ1) is 10.0. The summed E-state index contributed by atoms with van der Waals surface area (Å²) in [4.78, 5) is 1.80. The minimum Gasteiger partial charge on any atom is -0.376 e. The van der Waals surface area contributed by atoms with E-state index in [9.17, 15) is 13.2 Å². The zero-order valence-corrected chi connectivity index (χ0v) is 11.9. The van der Waals surface area contributed by atoms with Gasteiger partial charge in [0.15, 0.2) is 0 Å². The Kier molecular flexibility index (Phi) is 3.97. The van der Waals surface area contributed by atoms with E-state index >= 15 is 0 Å². The van der Waals surface area contributed by atoms with Gasteiger partial charge >= 0.3 is 0 Å². The standard InChI is InChI=1S/C16H20F3NO/c17-14-6-7-20(8-14)11-15(10-16(15,18)19)12-21-9-13-4-2-1-3-5-13/h1-5,14H,6-12H2/t14-,15+/m0/s1. The molecule has 5 heteroatoms. The van der Waals surface area contributed by atoms with Crippen molar-refractivity contribution in [2.24, 2.45) is 5.41 Å². The Morgan fingerprint density at radius 2 is 1.95 bits per heavy atom. The van der Waals surface area contributed by atoms with Crippen molar-refractivity contribution in [2.45, 2.75) is 31.5 Å². The molecular weight excluding hydrogens is 279 g/mol. The van der Waals surface area contributed by atoms with Gasteiger partial charge in [-0.25, -0.2) is 13.2 Å². The molecule has 21 heavy (non-hydrogen) atoms. The molecule has 1 aliphatic heterocycles. The van der Waals surface area contributed by atoms with Gasteiger partial charge in [0.05, 0.1) is 18.6 Å². The second kappa shape index (κ2) is 5.61. The van der Waals surface area contributed by atoms with E-state index in [0.29, 0.717) is 19.6 Å². The molecule has 2 fully saturated rings. The van der Waals surface area contributed by atoms with Gasteiger partial charge in [-0.2, -0.15) is 0 Å². The van der Waals surface area contributed by atoms with Crippen LogP contribution < -0.4 is 0 Å². The number of ether oxygens (including phenoxy) is 1. The molecule has 116 valence electrons. The first-order valence-electron chi connectivity index (χ1n) is 7.37. The lowest BCUT2D eigenvalue weighted by Crippen LogP contribution is -2.34. The van der Waals surface area contributed by atoms with Crippen molar-refractivity contribution in [3.63, 3.8) is 0 Å². The summed E-state index contributed by atoms with van der Waals surface area (Å²) >= 11 is 0. The van der Waals surface area contributed by atoms with Crippen molar-refractivity contribution in [3.05, 3.63) is 35.9 Å². The maximum atomic E-state index is 13.7. The number of likely N-dealkylation sites (tertiary alicyclic amines) is 1. The molecule has 0 unspecified atom stereocenters. The van der Waals surface area contributed by atoms with Gasteiger partial charge in [-0.05, 0) is 12.0 Å². The van der Waals surface area contributed by atoms with Crippen LogP contribution in [-0.2, 0) is 11.3 Å². The van der Waals surface area contributed by atoms with Crippen molar-refractivity contribution >= 4 is 0 Å². The molecule has 0 bridgehead atoms. The summed E-state index contributed by atoms with van der Waals surface area (Å²) in [6.45, 7) is 1.44. The number of nitrogens with zero attached hydrogens (tertiary/aromatic N) is 1. The highest BCUT2D eigenvalue weighted by molar-refractivity contribution is 5.14. The highest BCUT2D eigenvalue weighted by Gasteiger charge is 2.71. The van der Waals surface area contributed by atoms with Crippen LogP contribution in [0.15, 0.2) is 30.3 Å². The Balaban J connectivity index is 1.53. The molecule has 3 rings (SSSR count). The highest BCUT2D eigenvalue weighted by Crippen LogP contribution is 2.61. The predicted molar refractivity (Wildman–Crippen MR) is 74.0 cm³/mol. The average Bonchev–Trinajstić information content (AvgIpc) is 2.77. The van der Waals surface area contributed by atoms with E-state index in [1.54, 1.807) is 4.90 Å². The smallest absolute Gasteiger partial charge is 0.258 e. The fraction of sp³-hybridized carbons (Fsp3) is 0.625. The van der Waals surface area contributed by atoms with Gasteiger partial charge in [0, 0.05) is 26.1 Å². The number of alkyl halides is 3. The van der Waals surface area contributed by atoms with Gasteiger partial charge in [0.1, 0.15) is 6.17 Å². The van der Waals surface area contributed by atoms with Gasteiger partial charge in [0.25, 0.3) is 5.92 Å². The lowest BCUT2D eigenvalue weighted by Gasteiger charge is -2.23. The van der Waals surface area contributed by atoms with Crippen molar-refractivity contribution in [1.29, 1.82) is 0 Å². The number of hydrogen-bond acceptors (Lipinski definition) is 2. The van der Waals surface area contributed by atoms with Crippen molar-refractivity contribution < 1.29 is 17.9 Å². The SMILES string of the molecule is F[C@H]1CCN(C[C@@]2(COCc3ccccc3)CC2(F)F)C1. The molecule has 1 heterocycles. The Bertz CT molecular complexity index is 482. The molecule has 0 radical (unpaired) electrons. The van der Waals surface area contributed by atoms with Crippen molar-refractivity contribution in [3.8, 4) is 0 Å². The molecule has 0 N–H and O–H groups in total. The van der Waals surface area contributed by atoms with Crippen LogP contribution in [-0.4, -0.2) is 43.2 Å². The summed E-state index contributed by atoms with van der Waals surface area (Å²) in [5.41, 5.74) is -0.145. The van der Waals surface area contributed by atoms with E-state index in [1.165, 1.54) is 0 Å². The van der Waals surface area contributed by atoms with E-state index in [4.69, 9.17) is 4.74 Å². The highest BCUT2D eigenvalue weighted by atomic mass is 19.3. The third kappa shape index (κ3) is 3.24. The summed E-state index contributed by atoms with van der Waals surface area (Å²) in [6.07, 6.45) is -0.575. The van der Waals surface area contributed by atoms with Crippen LogP contribution in [0.5, 0.6) is 0 Å². The summed E-state index contributed by atoms with van der Waals surface area (Å²) < 4.78 is 46.1. The topological polar surface area (TPSA) is 12.5 Å². The minimum absolute atomic E-state index is 0.0301. The number of benzene rings is 1. The number of halogens is 3. The molecule has 0 spiro atoms. The summed E-state index contributed by atoms with van der Waals surface area (Å²) in [5, 5.41) is 0. The summed E-state index contributed by atoms with van der Waals surface area (Å²) in [7, 11) is 0. The second-order valence-corrected chi connectivity index (χ2v) is 6.26. The van der Waals surface area contributed by atoms with Crippen LogP contribution in [0.4, 0.5) is 13.2 Å². The monoisotopic (exact) mass is 299 g/mol. The molecule has 2 aliphatic rings. The van der Waals surface area contributed by atoms with Crippen LogP contribution >= 0.6 is 0 Å². The lowest BCUT2D eigenvalue weighted by molar-refractivity contribution is -0.0100. The van der Waals surface area contributed by atoms with Gasteiger partial charge in [0.2, 0.25) is 0 Å². The van der Waals surface area contributed by atoms with Gasteiger partial charge in [-0.15, -0.1) is 0 Å². The van der Waals surface area contributed by atoms with E-state index in [0.717, 1.165) is 5.56 Å². The number of hydrogen-bond donors (Lipinski definition) is 0. The Hall–Kier alpha value is -1.07. The summed E-state index contributed by atoms with van der Waals surface area (Å²) in [5.74, 6) is -2.68. The van der Waals surface area contributed by atoms with Crippen LogP contribution in [0.25, 0.3) is 0 Å². The molecule has 1 aromatic rings. The summed E-state index contributed by atoms with van der Waals surface area (Å²) in [6, 6.07) is 9.51. The lowest BCUT2D eigenvalue weighted by atomic mass is 10.1. The molecule has 2 nitrogen and oxygen atoms in total. The minimum atomic E-state index is -2.68. The van der Waals surface area contributed by atoms with Crippen LogP contribution in [0.2, 0.25) is 0 Å². The van der Waals surface area contributed by atoms with Crippen LogP contribution in [0, 0.1) is 5.41 Å². The Morgan fingerprint density at radius 1 is 1.24 bits per heavy atom. The first kappa shape index (κ1) is 14.9. The van der Waals surface area contributed by atoms with Crippen LogP contribution in [0.1, 0.15) is 18.4 Å². The van der Waals surface area contributed by atoms with Crippen LogP contribution in [0.3, 0.4) is 0 Å². The van der Waals surface area contributed by atoms with Crippen molar-refractivity contribution in [1.82, 2.24) is 4.90 Å². The van der Waals surface area contributed by atoms with Gasteiger partial charge < -0.3 is 4.74 Å². The van der Waals surface area contributed by atoms with E-state index in [1.807, 2.05) is 30.3 Å². The maximum Gasteiger partial charge on any atom is 0.258 e. The van der Waals surface area contributed by atoms with Crippen molar-refractivity contribution in [2.75, 3.05) is 26.2 Å². The molecule has 0 amide bonds. The third-order valence-electron chi connectivity index (χ3n) is 4.44. The zero-order valence-electron chi connectivity index (χ0n) is 11.9. The second-order valence-electron chi connectivity index (χ2n) is 6.26. The molecule has 1 saturated carbocycles. The molecule has 1 aromatic carbocycles. The van der Waals surface area contributed by atoms with E-state index in [-0.39, 0.29) is 26.1 Å². The van der Waals surface area contributed by atoms with Gasteiger partial charge in [-0.3, -0.25) is 4.90 Å². The molecule has 1 saturated heterocycles. The molecule has 2 atom stereocenters. The Morgan fingerprint density at radius 3 is 2.52 bits per heavy atom. The quantitative estimate of drug-likeness (QED) is 0.799. The maximum absolute atomic E-state index is 13.7. The Labute approximate surface area is 122 Å². The normalized spacial score (nSPS) is 31.5. The predicted octanol–water partition coefficient (Wildman–Crippen LogP) is 3.27. The fourth-order valence-corrected chi connectivity index (χ4v) is 3.05. The first-order valence-corrected chi connectivity index (χ1v) is 7.37. The molecular formula is C16H20F3NO.